The highest BCUT2D eigenvalue weighted by atomic mass is 16.7. The van der Waals surface area contributed by atoms with Crippen LogP contribution in [-0.2, 0) is 9.47 Å². The summed E-state index contributed by atoms with van der Waals surface area (Å²) in [7, 11) is 0. The van der Waals surface area contributed by atoms with E-state index in [9.17, 15) is 0 Å². The van der Waals surface area contributed by atoms with Gasteiger partial charge in [-0.25, -0.2) is 0 Å². The second-order valence-electron chi connectivity index (χ2n) is 3.99. The largest absolute Gasteiger partial charge is 0.347 e. The number of hydrogen-bond acceptors (Lipinski definition) is 2. The van der Waals surface area contributed by atoms with Crippen LogP contribution in [0.4, 0.5) is 0 Å². The molecule has 2 atom stereocenters. The fourth-order valence-corrected chi connectivity index (χ4v) is 2.77. The Bertz CT molecular complexity index is 216. The van der Waals surface area contributed by atoms with Crippen LogP contribution in [-0.4, -0.2) is 19.0 Å². The maximum absolute atomic E-state index is 5.69. The van der Waals surface area contributed by atoms with E-state index in [0.29, 0.717) is 5.92 Å². The van der Waals surface area contributed by atoms with Crippen molar-refractivity contribution in [2.45, 2.75) is 25.0 Å². The molecular weight excluding hydrogens is 152 g/mol. The SMILES string of the molecule is C1=CC2CC3(OCCO3)C2CC1. The Morgan fingerprint density at radius 2 is 2.08 bits per heavy atom. The maximum Gasteiger partial charge on any atom is 0.172 e. The van der Waals surface area contributed by atoms with Crippen molar-refractivity contribution in [1.82, 2.24) is 0 Å². The van der Waals surface area contributed by atoms with Crippen LogP contribution in [0.5, 0.6) is 0 Å². The van der Waals surface area contributed by atoms with Crippen LogP contribution in [0.3, 0.4) is 0 Å². The number of ether oxygens (including phenoxy) is 2. The van der Waals surface area contributed by atoms with Gasteiger partial charge in [-0.2, -0.15) is 0 Å². The molecule has 2 unspecified atom stereocenters. The van der Waals surface area contributed by atoms with E-state index in [-0.39, 0.29) is 5.79 Å². The summed E-state index contributed by atoms with van der Waals surface area (Å²) in [5, 5.41) is 0. The lowest BCUT2D eigenvalue weighted by molar-refractivity contribution is -0.269. The zero-order chi connectivity index (χ0) is 8.02. The minimum absolute atomic E-state index is 0.143. The van der Waals surface area contributed by atoms with Gasteiger partial charge in [-0.1, -0.05) is 12.2 Å². The molecule has 1 spiro atoms. The summed E-state index contributed by atoms with van der Waals surface area (Å²) < 4.78 is 11.4. The number of allylic oxidation sites excluding steroid dienone is 2. The first kappa shape index (κ1) is 7.10. The molecule has 3 aliphatic rings. The van der Waals surface area contributed by atoms with E-state index in [1.165, 1.54) is 12.8 Å². The lowest BCUT2D eigenvalue weighted by atomic mass is 9.63. The predicted octanol–water partition coefficient (Wildman–Crippen LogP) is 1.72. The summed E-state index contributed by atoms with van der Waals surface area (Å²) in [5.41, 5.74) is 0. The van der Waals surface area contributed by atoms with Gasteiger partial charge >= 0.3 is 0 Å². The lowest BCUT2D eigenvalue weighted by Gasteiger charge is -2.51. The minimum Gasteiger partial charge on any atom is -0.347 e. The Morgan fingerprint density at radius 3 is 2.83 bits per heavy atom. The molecule has 0 aromatic rings. The Labute approximate surface area is 72.5 Å². The summed E-state index contributed by atoms with van der Waals surface area (Å²) in [6.45, 7) is 1.60. The highest BCUT2D eigenvalue weighted by molar-refractivity contribution is 5.11. The van der Waals surface area contributed by atoms with Crippen molar-refractivity contribution in [1.29, 1.82) is 0 Å². The van der Waals surface area contributed by atoms with Gasteiger partial charge in [0.1, 0.15) is 0 Å². The number of hydrogen-bond donors (Lipinski definition) is 0. The molecule has 2 fully saturated rings. The first-order valence-corrected chi connectivity index (χ1v) is 4.85. The molecule has 1 saturated heterocycles. The molecule has 3 rings (SSSR count). The minimum atomic E-state index is -0.143. The zero-order valence-electron chi connectivity index (χ0n) is 7.16. The van der Waals surface area contributed by atoms with Crippen LogP contribution < -0.4 is 0 Å². The van der Waals surface area contributed by atoms with Gasteiger partial charge < -0.3 is 9.47 Å². The van der Waals surface area contributed by atoms with Crippen LogP contribution in [0.1, 0.15) is 19.3 Å². The molecule has 0 aromatic heterocycles. The highest BCUT2D eigenvalue weighted by Gasteiger charge is 2.57. The van der Waals surface area contributed by atoms with Crippen molar-refractivity contribution >= 4 is 0 Å². The predicted molar refractivity (Wildman–Crippen MR) is 44.6 cm³/mol. The molecule has 0 radical (unpaired) electrons. The first-order chi connectivity index (χ1) is 5.91. The summed E-state index contributed by atoms with van der Waals surface area (Å²) >= 11 is 0. The van der Waals surface area contributed by atoms with Gasteiger partial charge in [-0.3, -0.25) is 0 Å². The van der Waals surface area contributed by atoms with E-state index in [2.05, 4.69) is 12.2 Å². The molecule has 1 saturated carbocycles. The van der Waals surface area contributed by atoms with Gasteiger partial charge in [0.2, 0.25) is 0 Å². The van der Waals surface area contributed by atoms with Crippen LogP contribution in [0.25, 0.3) is 0 Å². The fourth-order valence-electron chi connectivity index (χ4n) is 2.77. The van der Waals surface area contributed by atoms with E-state index in [4.69, 9.17) is 9.47 Å². The Morgan fingerprint density at radius 1 is 1.25 bits per heavy atom. The maximum atomic E-state index is 5.69. The quantitative estimate of drug-likeness (QED) is 0.510. The standard InChI is InChI=1S/C10H14O2/c1-2-4-9-8(3-1)7-10(9)11-5-6-12-10/h1,3,8-9H,2,4-7H2. The molecule has 12 heavy (non-hydrogen) atoms. The van der Waals surface area contributed by atoms with E-state index in [1.54, 1.807) is 0 Å². The van der Waals surface area contributed by atoms with Gasteiger partial charge in [0.25, 0.3) is 0 Å². The van der Waals surface area contributed by atoms with Gasteiger partial charge in [-0.05, 0) is 18.8 Å². The summed E-state index contributed by atoms with van der Waals surface area (Å²) in [4.78, 5) is 0. The third-order valence-electron chi connectivity index (χ3n) is 3.41. The average molecular weight is 166 g/mol. The highest BCUT2D eigenvalue weighted by Crippen LogP contribution is 2.53. The van der Waals surface area contributed by atoms with Crippen LogP contribution in [0, 0.1) is 11.8 Å². The van der Waals surface area contributed by atoms with Gasteiger partial charge in [0.05, 0.1) is 13.2 Å². The number of rotatable bonds is 0. The van der Waals surface area contributed by atoms with Gasteiger partial charge in [0, 0.05) is 12.3 Å². The van der Waals surface area contributed by atoms with E-state index >= 15 is 0 Å². The van der Waals surface area contributed by atoms with E-state index in [0.717, 1.165) is 25.6 Å². The van der Waals surface area contributed by atoms with Crippen molar-refractivity contribution in [2.75, 3.05) is 13.2 Å². The first-order valence-electron chi connectivity index (χ1n) is 4.85. The van der Waals surface area contributed by atoms with Crippen molar-refractivity contribution in [3.63, 3.8) is 0 Å². The molecule has 0 amide bonds. The molecule has 2 nitrogen and oxygen atoms in total. The van der Waals surface area contributed by atoms with Crippen molar-refractivity contribution < 1.29 is 9.47 Å². The molecule has 2 aliphatic carbocycles. The monoisotopic (exact) mass is 166 g/mol. The van der Waals surface area contributed by atoms with E-state index in [1.807, 2.05) is 0 Å². The second-order valence-corrected chi connectivity index (χ2v) is 3.99. The van der Waals surface area contributed by atoms with Gasteiger partial charge in [-0.15, -0.1) is 0 Å². The van der Waals surface area contributed by atoms with Crippen molar-refractivity contribution in [3.05, 3.63) is 12.2 Å². The molecule has 2 heteroatoms. The molecule has 1 aliphatic heterocycles. The summed E-state index contributed by atoms with van der Waals surface area (Å²) in [5.74, 6) is 1.26. The number of fused-ring (bicyclic) bond motifs is 2. The Balaban J connectivity index is 1.81. The third-order valence-corrected chi connectivity index (χ3v) is 3.41. The molecule has 0 N–H and O–H groups in total. The van der Waals surface area contributed by atoms with Crippen LogP contribution in [0.15, 0.2) is 12.2 Å². The van der Waals surface area contributed by atoms with Crippen molar-refractivity contribution in [2.24, 2.45) is 11.8 Å². The normalized spacial score (nSPS) is 42.7. The smallest absolute Gasteiger partial charge is 0.172 e. The summed E-state index contributed by atoms with van der Waals surface area (Å²) in [6.07, 6.45) is 8.18. The zero-order valence-corrected chi connectivity index (χ0v) is 7.16. The van der Waals surface area contributed by atoms with Crippen LogP contribution >= 0.6 is 0 Å². The molecule has 0 aromatic carbocycles. The van der Waals surface area contributed by atoms with Gasteiger partial charge in [0.15, 0.2) is 5.79 Å². The molecule has 66 valence electrons. The topological polar surface area (TPSA) is 18.5 Å². The fraction of sp³-hybridized carbons (Fsp3) is 0.800. The molecule has 1 heterocycles. The Kier molecular flexibility index (Phi) is 1.38. The van der Waals surface area contributed by atoms with Crippen molar-refractivity contribution in [3.8, 4) is 0 Å². The average Bonchev–Trinajstić information content (AvgIpc) is 2.54. The van der Waals surface area contributed by atoms with Crippen LogP contribution in [0.2, 0.25) is 0 Å². The third kappa shape index (κ3) is 0.771. The lowest BCUT2D eigenvalue weighted by Crippen LogP contribution is -2.54. The molecular formula is C10H14O2. The Hall–Kier alpha value is -0.340. The summed E-state index contributed by atoms with van der Waals surface area (Å²) in [6, 6.07) is 0. The van der Waals surface area contributed by atoms with E-state index < -0.39 is 0 Å². The second kappa shape index (κ2) is 2.33. The molecule has 0 bridgehead atoms.